The van der Waals surface area contributed by atoms with Crippen molar-refractivity contribution in [3.05, 3.63) is 91.2 Å². The number of anilines is 2. The summed E-state index contributed by atoms with van der Waals surface area (Å²) in [4.78, 5) is 39.0. The Hall–Kier alpha value is -4.27. The summed E-state index contributed by atoms with van der Waals surface area (Å²) in [6.45, 7) is 13.3. The minimum Gasteiger partial charge on any atom is -0.369 e. The van der Waals surface area contributed by atoms with Gasteiger partial charge in [0.2, 0.25) is 10.0 Å². The first kappa shape index (κ1) is 42.8. The molecule has 6 aliphatic rings. The normalized spacial score (nSPS) is 16.4. The van der Waals surface area contributed by atoms with E-state index in [9.17, 15) is 39.6 Å². The van der Waals surface area contributed by atoms with Crippen molar-refractivity contribution in [3.63, 3.8) is 0 Å². The molecule has 2 saturated heterocycles. The van der Waals surface area contributed by atoms with Crippen LogP contribution in [0.2, 0.25) is 0 Å². The predicted molar refractivity (Wildman–Crippen MR) is 231 cm³/mol. The Balaban J connectivity index is 0.000000179. The molecule has 0 aromatic heterocycles. The van der Waals surface area contributed by atoms with Gasteiger partial charge in [0.25, 0.3) is 0 Å². The maximum atomic E-state index is 12.8. The quantitative estimate of drug-likeness (QED) is 0.174. The van der Waals surface area contributed by atoms with Crippen LogP contribution in [0.5, 0.6) is 0 Å². The van der Waals surface area contributed by atoms with Crippen LogP contribution in [0.15, 0.2) is 58.1 Å². The minimum absolute atomic E-state index is 0.00256. The molecule has 314 valence electrons. The van der Waals surface area contributed by atoms with Gasteiger partial charge in [-0.25, -0.2) is 26.8 Å². The molecular formula is C40H43F3N6O6S4. The van der Waals surface area contributed by atoms with Crippen molar-refractivity contribution >= 4 is 74.5 Å². The molecule has 12 nitrogen and oxygen atoms in total. The highest BCUT2D eigenvalue weighted by Gasteiger charge is 2.50. The van der Waals surface area contributed by atoms with Crippen molar-refractivity contribution in [2.24, 2.45) is 0 Å². The van der Waals surface area contributed by atoms with Crippen molar-refractivity contribution in [1.82, 2.24) is 18.6 Å². The highest BCUT2D eigenvalue weighted by Crippen LogP contribution is 2.38. The largest absolute Gasteiger partial charge is 0.511 e. The summed E-state index contributed by atoms with van der Waals surface area (Å²) in [6.07, 6.45) is 0. The summed E-state index contributed by atoms with van der Waals surface area (Å²) >= 11 is 3.02. The van der Waals surface area contributed by atoms with E-state index in [2.05, 4.69) is 17.0 Å². The summed E-state index contributed by atoms with van der Waals surface area (Å²) in [6, 6.07) is 14.4. The van der Waals surface area contributed by atoms with Gasteiger partial charge in [0.15, 0.2) is 10.9 Å². The van der Waals surface area contributed by atoms with Gasteiger partial charge in [0.05, 0.1) is 46.8 Å². The number of rotatable bonds is 5. The van der Waals surface area contributed by atoms with Crippen LogP contribution in [0.1, 0.15) is 36.1 Å². The van der Waals surface area contributed by atoms with E-state index in [4.69, 9.17) is 9.97 Å². The highest BCUT2D eigenvalue weighted by atomic mass is 32.2. The molecule has 0 bridgehead atoms. The molecule has 4 heterocycles. The number of piperazine rings is 2. The fourth-order valence-electron chi connectivity index (χ4n) is 7.43. The second-order valence-corrected chi connectivity index (χ2v) is 21.7. The Labute approximate surface area is 348 Å². The van der Waals surface area contributed by atoms with Crippen molar-refractivity contribution in [2.75, 3.05) is 62.2 Å². The molecule has 0 atom stereocenters. The summed E-state index contributed by atoms with van der Waals surface area (Å²) < 4.78 is 90.3. The van der Waals surface area contributed by atoms with Crippen LogP contribution >= 0.6 is 22.7 Å². The van der Waals surface area contributed by atoms with Crippen molar-refractivity contribution in [3.8, 4) is 21.1 Å². The van der Waals surface area contributed by atoms with Crippen molar-refractivity contribution in [1.29, 1.82) is 0 Å². The smallest absolute Gasteiger partial charge is 0.369 e. The highest BCUT2D eigenvalue weighted by molar-refractivity contribution is 7.90. The number of nitrogens with zero attached hydrogens (tertiary/aromatic N) is 6. The van der Waals surface area contributed by atoms with Crippen LogP contribution in [-0.2, 0) is 20.0 Å². The zero-order valence-electron chi connectivity index (χ0n) is 33.3. The monoisotopic (exact) mass is 888 g/mol. The number of sulfonamides is 2. The summed E-state index contributed by atoms with van der Waals surface area (Å²) in [7, 11) is -8.52. The molecule has 2 aromatic carbocycles. The average molecular weight is 889 g/mol. The molecular weight excluding hydrogens is 846 g/mol. The van der Waals surface area contributed by atoms with Gasteiger partial charge in [-0.05, 0) is 100 Å². The predicted octanol–water partition coefficient (Wildman–Crippen LogP) is 6.59. The Morgan fingerprint density at radius 2 is 0.966 bits per heavy atom. The van der Waals surface area contributed by atoms with Crippen LogP contribution in [0, 0.1) is 27.7 Å². The maximum Gasteiger partial charge on any atom is 0.511 e. The van der Waals surface area contributed by atoms with Crippen LogP contribution in [-0.4, -0.2) is 98.5 Å². The average Bonchev–Trinajstić information content (AvgIpc) is 3.16. The summed E-state index contributed by atoms with van der Waals surface area (Å²) in [5.41, 5.74) is 3.58. The number of aromatic nitrogens is 2. The lowest BCUT2D eigenvalue weighted by molar-refractivity contribution is -0.0490. The lowest BCUT2D eigenvalue weighted by atomic mass is 10.1. The molecule has 59 heavy (non-hydrogen) atoms. The molecule has 0 N–H and O–H groups in total. The van der Waals surface area contributed by atoms with E-state index in [-0.39, 0.29) is 37.0 Å². The fourth-order valence-corrected chi connectivity index (χ4v) is 12.0. The van der Waals surface area contributed by atoms with E-state index in [1.54, 1.807) is 53.8 Å². The Morgan fingerprint density at radius 3 is 1.34 bits per heavy atom. The molecule has 0 spiro atoms. The molecule has 4 aliphatic heterocycles. The van der Waals surface area contributed by atoms with Crippen LogP contribution in [0.25, 0.3) is 41.6 Å². The van der Waals surface area contributed by atoms with Gasteiger partial charge < -0.3 is 9.80 Å². The van der Waals surface area contributed by atoms with E-state index in [0.29, 0.717) is 30.5 Å². The third kappa shape index (κ3) is 8.41. The van der Waals surface area contributed by atoms with E-state index >= 15 is 0 Å². The second-order valence-electron chi connectivity index (χ2n) is 15.1. The lowest BCUT2D eigenvalue weighted by Gasteiger charge is -2.36. The van der Waals surface area contributed by atoms with Gasteiger partial charge in [0.1, 0.15) is 0 Å². The fraction of sp³-hybridized carbons (Fsp3) is 0.400. The molecule has 2 fully saturated rings. The second kappa shape index (κ2) is 16.0. The summed E-state index contributed by atoms with van der Waals surface area (Å²) in [5, 5.41) is -0.396. The molecule has 8 rings (SSSR count). The molecule has 2 aliphatic carbocycles. The number of alkyl halides is 3. The number of halogens is 3. The van der Waals surface area contributed by atoms with Crippen LogP contribution < -0.4 is 20.7 Å². The van der Waals surface area contributed by atoms with E-state index in [0.717, 1.165) is 75.2 Å². The third-order valence-corrected chi connectivity index (χ3v) is 16.7. The first-order chi connectivity index (χ1) is 27.6. The number of fused-ring (bicyclic) bond motifs is 4. The molecule has 19 heteroatoms. The van der Waals surface area contributed by atoms with Gasteiger partial charge in [0, 0.05) is 75.9 Å². The first-order valence-corrected chi connectivity index (χ1v) is 23.5. The van der Waals surface area contributed by atoms with Crippen molar-refractivity contribution in [2.45, 2.75) is 52.3 Å². The molecule has 0 saturated carbocycles. The van der Waals surface area contributed by atoms with Crippen LogP contribution in [0.4, 0.5) is 24.5 Å². The molecule has 0 unspecified atom stereocenters. The first-order valence-electron chi connectivity index (χ1n) is 18.9. The number of benzene rings is 4. The maximum absolute atomic E-state index is 12.8. The molecule has 0 amide bonds. The van der Waals surface area contributed by atoms with Crippen molar-refractivity contribution < 1.29 is 30.0 Å². The van der Waals surface area contributed by atoms with Gasteiger partial charge in [-0.2, -0.15) is 21.8 Å². The molecule has 2 aromatic rings. The molecule has 0 radical (unpaired) electrons. The van der Waals surface area contributed by atoms with Gasteiger partial charge >= 0.3 is 15.5 Å². The lowest BCUT2D eigenvalue weighted by Crippen LogP contribution is -2.52. The van der Waals surface area contributed by atoms with Gasteiger partial charge in [-0.1, -0.05) is 0 Å². The number of aryl methyl sites for hydroxylation is 4. The Bertz CT molecular complexity index is 2870. The minimum atomic E-state index is -5.31. The third-order valence-electron chi connectivity index (χ3n) is 10.7. The zero-order valence-corrected chi connectivity index (χ0v) is 36.5. The van der Waals surface area contributed by atoms with Gasteiger partial charge in [-0.3, -0.25) is 9.59 Å². The zero-order chi connectivity index (χ0) is 42.8. The SMILES string of the molecule is Cc1cc(=O)cc2sc3cc(N4CCN(S(=O)(=O)C(C)C)CC4)cc(C)c3nc1-2.Cc1cc(=O)cc2sc3cc(N4CCN(S(=O)(=O)C(F)(F)F)CC4)cc(C)c3nc1-2. The number of hydrogen-bond acceptors (Lipinski definition) is 12. The van der Waals surface area contributed by atoms with E-state index < -0.39 is 30.8 Å². The standard InChI is InChI=1S/C21H25N3O3S2.C19H18F3N3O3S2/c1-13(2)29(26,27)24-7-5-23(6-8-24)16-9-14(3)20-18(11-16)28-19-12-17(25)10-15(4)21(19)22-20;1-11-7-13(24-3-5-25(6-4-24)30(27,28)19(20,21)22)9-15-17(11)23-18-12(2)8-14(26)10-16(18)29-15/h9-13H,5-8H2,1-4H3;7-10H,3-6H2,1-2H3. The van der Waals surface area contributed by atoms with Gasteiger partial charge in [-0.15, -0.1) is 22.7 Å². The Morgan fingerprint density at radius 1 is 0.576 bits per heavy atom. The topological polar surface area (TPSA) is 141 Å². The Kier molecular flexibility index (Phi) is 11.6. The van der Waals surface area contributed by atoms with E-state index in [1.807, 2.05) is 44.7 Å². The van der Waals surface area contributed by atoms with Crippen LogP contribution in [0.3, 0.4) is 0 Å². The summed E-state index contributed by atoms with van der Waals surface area (Å²) in [5.74, 6) is 0. The van der Waals surface area contributed by atoms with E-state index in [1.165, 1.54) is 11.3 Å². The number of hydrogen-bond donors (Lipinski definition) is 0.